The summed E-state index contributed by atoms with van der Waals surface area (Å²) in [7, 11) is 1.35. The van der Waals surface area contributed by atoms with Gasteiger partial charge in [-0.15, -0.1) is 0 Å². The molecule has 29 heavy (non-hydrogen) atoms. The minimum Gasteiger partial charge on any atom is -0.465 e. The van der Waals surface area contributed by atoms with E-state index in [-0.39, 0.29) is 12.3 Å². The summed E-state index contributed by atoms with van der Waals surface area (Å²) in [5, 5.41) is 3.61. The monoisotopic (exact) mass is 415 g/mol. The number of carbonyl (C=O) groups excluding carboxylic acids is 2. The topological polar surface area (TPSA) is 61.9 Å². The third kappa shape index (κ3) is 5.49. The van der Waals surface area contributed by atoms with Crippen molar-refractivity contribution in [2.45, 2.75) is 13.3 Å². The largest absolute Gasteiger partial charge is 0.465 e. The number of hydrogen-bond donors (Lipinski definition) is 1. The molecule has 1 saturated heterocycles. The van der Waals surface area contributed by atoms with Crippen LogP contribution in [0.4, 0.5) is 11.4 Å². The van der Waals surface area contributed by atoms with Crippen molar-refractivity contribution in [1.29, 1.82) is 0 Å². The Morgan fingerprint density at radius 2 is 1.76 bits per heavy atom. The number of nitrogens with zero attached hydrogens (tertiary/aromatic N) is 2. The predicted octanol–water partition coefficient (Wildman–Crippen LogP) is 3.45. The van der Waals surface area contributed by atoms with E-state index < -0.39 is 5.97 Å². The Labute approximate surface area is 176 Å². The Hall–Kier alpha value is -2.57. The number of halogens is 1. The lowest BCUT2D eigenvalue weighted by Crippen LogP contribution is -2.46. The molecule has 1 amide bonds. The zero-order valence-corrected chi connectivity index (χ0v) is 17.5. The van der Waals surface area contributed by atoms with E-state index in [9.17, 15) is 9.59 Å². The second-order valence-corrected chi connectivity index (χ2v) is 7.43. The molecule has 2 aromatic rings. The van der Waals surface area contributed by atoms with Gasteiger partial charge in [-0.1, -0.05) is 30.7 Å². The van der Waals surface area contributed by atoms with Gasteiger partial charge in [0.2, 0.25) is 5.91 Å². The molecule has 0 aliphatic carbocycles. The van der Waals surface area contributed by atoms with Gasteiger partial charge in [0.1, 0.15) is 0 Å². The highest BCUT2D eigenvalue weighted by Gasteiger charge is 2.20. The smallest absolute Gasteiger partial charge is 0.337 e. The Morgan fingerprint density at radius 1 is 1.07 bits per heavy atom. The van der Waals surface area contributed by atoms with Crippen LogP contribution in [0, 0.1) is 0 Å². The van der Waals surface area contributed by atoms with E-state index in [1.54, 1.807) is 24.3 Å². The SMILES string of the molecule is CCN1CCN(c2ccc(C(=O)OC)cc2NC(=O)Cc2ccc(Cl)cc2)CC1. The first kappa shape index (κ1) is 21.1. The molecule has 0 radical (unpaired) electrons. The molecule has 3 rings (SSSR count). The maximum Gasteiger partial charge on any atom is 0.337 e. The van der Waals surface area contributed by atoms with E-state index in [2.05, 4.69) is 22.0 Å². The van der Waals surface area contributed by atoms with Crippen LogP contribution < -0.4 is 10.2 Å². The van der Waals surface area contributed by atoms with Gasteiger partial charge in [0.15, 0.2) is 0 Å². The van der Waals surface area contributed by atoms with Crippen LogP contribution in [-0.4, -0.2) is 56.6 Å². The lowest BCUT2D eigenvalue weighted by molar-refractivity contribution is -0.115. The van der Waals surface area contributed by atoms with Gasteiger partial charge >= 0.3 is 5.97 Å². The number of carbonyl (C=O) groups is 2. The summed E-state index contributed by atoms with van der Waals surface area (Å²) >= 11 is 5.91. The number of rotatable bonds is 6. The highest BCUT2D eigenvalue weighted by atomic mass is 35.5. The van der Waals surface area contributed by atoms with Gasteiger partial charge in [0, 0.05) is 31.2 Å². The summed E-state index contributed by atoms with van der Waals surface area (Å²) < 4.78 is 4.83. The minimum absolute atomic E-state index is 0.150. The fraction of sp³-hybridized carbons (Fsp3) is 0.364. The fourth-order valence-corrected chi connectivity index (χ4v) is 3.57. The van der Waals surface area contributed by atoms with Crippen LogP contribution in [0.15, 0.2) is 42.5 Å². The molecule has 0 saturated carbocycles. The Kier molecular flexibility index (Phi) is 7.12. The average Bonchev–Trinajstić information content (AvgIpc) is 2.75. The molecule has 1 fully saturated rings. The minimum atomic E-state index is -0.430. The zero-order chi connectivity index (χ0) is 20.8. The van der Waals surface area contributed by atoms with E-state index in [1.165, 1.54) is 7.11 Å². The van der Waals surface area contributed by atoms with Crippen molar-refractivity contribution in [3.05, 3.63) is 58.6 Å². The quantitative estimate of drug-likeness (QED) is 0.732. The number of benzene rings is 2. The van der Waals surface area contributed by atoms with Crippen LogP contribution >= 0.6 is 11.6 Å². The van der Waals surface area contributed by atoms with Crippen LogP contribution in [0.2, 0.25) is 5.02 Å². The van der Waals surface area contributed by atoms with Crippen molar-refractivity contribution in [1.82, 2.24) is 4.90 Å². The predicted molar refractivity (Wildman–Crippen MR) is 116 cm³/mol. The van der Waals surface area contributed by atoms with Crippen LogP contribution in [0.25, 0.3) is 0 Å². The second kappa shape index (κ2) is 9.76. The number of anilines is 2. The number of piperazine rings is 1. The maximum atomic E-state index is 12.7. The molecule has 0 spiro atoms. The van der Waals surface area contributed by atoms with E-state index in [0.29, 0.717) is 16.3 Å². The third-order valence-corrected chi connectivity index (χ3v) is 5.38. The van der Waals surface area contributed by atoms with Crippen LogP contribution in [0.5, 0.6) is 0 Å². The van der Waals surface area contributed by atoms with Crippen molar-refractivity contribution < 1.29 is 14.3 Å². The second-order valence-electron chi connectivity index (χ2n) is 7.00. The Bertz CT molecular complexity index is 862. The van der Waals surface area contributed by atoms with E-state index in [4.69, 9.17) is 16.3 Å². The molecule has 0 aromatic heterocycles. The highest BCUT2D eigenvalue weighted by molar-refractivity contribution is 6.30. The Morgan fingerprint density at radius 3 is 2.38 bits per heavy atom. The number of amides is 1. The Balaban J connectivity index is 1.80. The standard InChI is InChI=1S/C22H26ClN3O3/c1-3-25-10-12-26(13-11-25)20-9-6-17(22(28)29-2)15-19(20)24-21(27)14-16-4-7-18(23)8-5-16/h4-9,15H,3,10-14H2,1-2H3,(H,24,27). The molecule has 1 N–H and O–H groups in total. The lowest BCUT2D eigenvalue weighted by Gasteiger charge is -2.36. The van der Waals surface area contributed by atoms with E-state index in [1.807, 2.05) is 18.2 Å². The third-order valence-electron chi connectivity index (χ3n) is 5.13. The first-order valence-corrected chi connectivity index (χ1v) is 10.1. The fourth-order valence-electron chi connectivity index (χ4n) is 3.44. The number of esters is 1. The van der Waals surface area contributed by atoms with Crippen molar-refractivity contribution in [3.8, 4) is 0 Å². The van der Waals surface area contributed by atoms with Crippen LogP contribution in [0.3, 0.4) is 0 Å². The molecular formula is C22H26ClN3O3. The average molecular weight is 416 g/mol. The van der Waals surface area contributed by atoms with Gasteiger partial charge in [0.05, 0.1) is 30.5 Å². The van der Waals surface area contributed by atoms with Crippen molar-refractivity contribution in [2.75, 3.05) is 50.1 Å². The lowest BCUT2D eigenvalue weighted by atomic mass is 10.1. The van der Waals surface area contributed by atoms with E-state index in [0.717, 1.165) is 44.0 Å². The maximum absolute atomic E-state index is 12.7. The number of ether oxygens (including phenoxy) is 1. The van der Waals surface area contributed by atoms with E-state index >= 15 is 0 Å². The molecule has 0 atom stereocenters. The summed E-state index contributed by atoms with van der Waals surface area (Å²) in [5.74, 6) is -0.580. The number of nitrogens with one attached hydrogen (secondary N) is 1. The van der Waals surface area contributed by atoms with Gasteiger partial charge in [-0.3, -0.25) is 4.79 Å². The number of methoxy groups -OCH3 is 1. The molecule has 7 heteroatoms. The highest BCUT2D eigenvalue weighted by Crippen LogP contribution is 2.29. The molecule has 2 aromatic carbocycles. The molecule has 1 aliphatic rings. The first-order valence-electron chi connectivity index (χ1n) is 9.74. The van der Waals surface area contributed by atoms with Gasteiger partial charge in [0.25, 0.3) is 0 Å². The van der Waals surface area contributed by atoms with Crippen molar-refractivity contribution >= 4 is 34.9 Å². The molecular weight excluding hydrogens is 390 g/mol. The summed E-state index contributed by atoms with van der Waals surface area (Å²) in [6.45, 7) is 6.85. The molecule has 154 valence electrons. The van der Waals surface area contributed by atoms with Gasteiger partial charge in [-0.2, -0.15) is 0 Å². The first-order chi connectivity index (χ1) is 14.0. The zero-order valence-electron chi connectivity index (χ0n) is 16.8. The van der Waals surface area contributed by atoms with Gasteiger partial charge < -0.3 is 19.9 Å². The van der Waals surface area contributed by atoms with Crippen LogP contribution in [-0.2, 0) is 16.0 Å². The number of likely N-dealkylation sites (N-methyl/N-ethyl adjacent to an activating group) is 1. The molecule has 0 unspecified atom stereocenters. The number of hydrogen-bond acceptors (Lipinski definition) is 5. The normalized spacial score (nSPS) is 14.5. The van der Waals surface area contributed by atoms with Crippen molar-refractivity contribution in [3.63, 3.8) is 0 Å². The molecule has 1 aliphatic heterocycles. The van der Waals surface area contributed by atoms with Crippen molar-refractivity contribution in [2.24, 2.45) is 0 Å². The molecule has 6 nitrogen and oxygen atoms in total. The van der Waals surface area contributed by atoms with Gasteiger partial charge in [-0.25, -0.2) is 4.79 Å². The molecule has 0 bridgehead atoms. The summed E-state index contributed by atoms with van der Waals surface area (Å²) in [4.78, 5) is 29.3. The summed E-state index contributed by atoms with van der Waals surface area (Å²) in [6, 6.07) is 12.5. The van der Waals surface area contributed by atoms with Crippen LogP contribution in [0.1, 0.15) is 22.8 Å². The molecule has 1 heterocycles. The summed E-state index contributed by atoms with van der Waals surface area (Å²) in [5.41, 5.74) is 2.81. The van der Waals surface area contributed by atoms with Gasteiger partial charge in [-0.05, 0) is 42.4 Å². The summed E-state index contributed by atoms with van der Waals surface area (Å²) in [6.07, 6.45) is 0.225.